The Hall–Kier alpha value is -1.82. The molecule has 27 heavy (non-hydrogen) atoms. The average Bonchev–Trinajstić information content (AvgIpc) is 3.21. The second-order valence-corrected chi connectivity index (χ2v) is 8.69. The highest BCUT2D eigenvalue weighted by Crippen LogP contribution is 2.32. The number of likely N-dealkylation sites (tertiary alicyclic amines) is 1. The molecule has 0 unspecified atom stereocenters. The van der Waals surface area contributed by atoms with Gasteiger partial charge in [0.2, 0.25) is 5.91 Å². The number of carbonyl (C=O) groups excluding carboxylic acids is 1. The number of carbonyl (C=O) groups is 1. The first kappa shape index (κ1) is 18.5. The topological polar surface area (TPSA) is 55.2 Å². The minimum atomic E-state index is 0.0359. The van der Waals surface area contributed by atoms with Crippen LogP contribution in [0, 0.1) is 0 Å². The molecule has 0 N–H and O–H groups in total. The van der Waals surface area contributed by atoms with Crippen LogP contribution in [0.15, 0.2) is 34.2 Å². The predicted octanol–water partition coefficient (Wildman–Crippen LogP) is 4.00. The van der Waals surface area contributed by atoms with Crippen LogP contribution in [0.2, 0.25) is 0 Å². The second kappa shape index (κ2) is 8.05. The second-order valence-electron chi connectivity index (χ2n) is 7.75. The highest BCUT2D eigenvalue weighted by molar-refractivity contribution is 7.99. The van der Waals surface area contributed by atoms with E-state index in [0.717, 1.165) is 50.6 Å². The maximum Gasteiger partial charge on any atom is 0.262 e. The van der Waals surface area contributed by atoms with E-state index in [0.29, 0.717) is 22.3 Å². The van der Waals surface area contributed by atoms with Crippen LogP contribution in [0.3, 0.4) is 0 Å². The molecular weight excluding hydrogens is 358 g/mol. The molecule has 1 saturated carbocycles. The summed E-state index contributed by atoms with van der Waals surface area (Å²) in [7, 11) is 0. The third-order valence-electron chi connectivity index (χ3n) is 5.91. The van der Waals surface area contributed by atoms with Crippen molar-refractivity contribution in [2.75, 3.05) is 12.3 Å². The lowest BCUT2D eigenvalue weighted by molar-refractivity contribution is -0.131. The van der Waals surface area contributed by atoms with Crippen LogP contribution in [-0.4, -0.2) is 38.7 Å². The summed E-state index contributed by atoms with van der Waals surface area (Å²) in [6.45, 7) is 2.98. The number of para-hydroxylation sites is 1. The van der Waals surface area contributed by atoms with Crippen LogP contribution in [0.1, 0.15) is 57.9 Å². The summed E-state index contributed by atoms with van der Waals surface area (Å²) in [4.78, 5) is 32.7. The predicted molar refractivity (Wildman–Crippen MR) is 109 cm³/mol. The van der Waals surface area contributed by atoms with Crippen molar-refractivity contribution in [3.8, 4) is 0 Å². The third kappa shape index (κ3) is 3.77. The highest BCUT2D eigenvalue weighted by Gasteiger charge is 2.26. The summed E-state index contributed by atoms with van der Waals surface area (Å²) in [5.41, 5.74) is 0.756. The lowest BCUT2D eigenvalue weighted by atomic mass is 10.0. The molecule has 1 saturated heterocycles. The molecule has 4 rings (SSSR count). The lowest BCUT2D eigenvalue weighted by Crippen LogP contribution is -2.43. The number of amides is 1. The Labute approximate surface area is 164 Å². The summed E-state index contributed by atoms with van der Waals surface area (Å²) in [6, 6.07) is 8.05. The summed E-state index contributed by atoms with van der Waals surface area (Å²) in [5, 5.41) is 1.37. The zero-order valence-electron chi connectivity index (χ0n) is 15.9. The maximum atomic E-state index is 13.1. The van der Waals surface area contributed by atoms with Crippen LogP contribution < -0.4 is 5.56 Å². The SMILES string of the molecule is C[C@H]1CCCCN1C(=O)CSc1nc2ccccc2c(=O)n1C1CCCC1. The lowest BCUT2D eigenvalue weighted by Gasteiger charge is -2.33. The number of fused-ring (bicyclic) bond motifs is 1. The van der Waals surface area contributed by atoms with E-state index in [4.69, 9.17) is 4.98 Å². The fraction of sp³-hybridized carbons (Fsp3) is 0.571. The van der Waals surface area contributed by atoms with Crippen LogP contribution in [0.4, 0.5) is 0 Å². The third-order valence-corrected chi connectivity index (χ3v) is 6.85. The van der Waals surface area contributed by atoms with Crippen LogP contribution >= 0.6 is 11.8 Å². The van der Waals surface area contributed by atoms with Gasteiger partial charge < -0.3 is 4.90 Å². The first-order chi connectivity index (χ1) is 13.1. The summed E-state index contributed by atoms with van der Waals surface area (Å²) >= 11 is 1.43. The molecule has 1 aliphatic carbocycles. The van der Waals surface area contributed by atoms with Gasteiger partial charge in [-0.15, -0.1) is 0 Å². The number of benzene rings is 1. The summed E-state index contributed by atoms with van der Waals surface area (Å²) < 4.78 is 1.87. The molecule has 2 fully saturated rings. The summed E-state index contributed by atoms with van der Waals surface area (Å²) in [5.74, 6) is 0.509. The molecule has 1 aromatic heterocycles. The molecule has 2 aromatic rings. The van der Waals surface area contributed by atoms with Gasteiger partial charge in [-0.1, -0.05) is 36.7 Å². The van der Waals surface area contributed by atoms with E-state index in [2.05, 4.69) is 6.92 Å². The minimum Gasteiger partial charge on any atom is -0.339 e. The zero-order chi connectivity index (χ0) is 18.8. The standard InChI is InChI=1S/C21H27N3O2S/c1-15-8-6-7-13-23(15)19(25)14-27-21-22-18-12-5-4-11-17(18)20(26)24(21)16-9-2-3-10-16/h4-5,11-12,15-16H,2-3,6-10,13-14H2,1H3/t15-/m0/s1. The number of hydrogen-bond acceptors (Lipinski definition) is 4. The molecule has 1 aliphatic heterocycles. The van der Waals surface area contributed by atoms with Gasteiger partial charge in [0.15, 0.2) is 5.16 Å². The molecular formula is C21H27N3O2S. The fourth-order valence-corrected chi connectivity index (χ4v) is 5.34. The van der Waals surface area contributed by atoms with Gasteiger partial charge in [-0.25, -0.2) is 4.98 Å². The van der Waals surface area contributed by atoms with Gasteiger partial charge in [0.1, 0.15) is 0 Å². The number of piperidine rings is 1. The van der Waals surface area contributed by atoms with Crippen molar-refractivity contribution in [2.45, 2.75) is 69.1 Å². The van der Waals surface area contributed by atoms with Crippen molar-refractivity contribution in [1.29, 1.82) is 0 Å². The van der Waals surface area contributed by atoms with Gasteiger partial charge in [-0.05, 0) is 51.2 Å². The molecule has 0 radical (unpaired) electrons. The number of thioether (sulfide) groups is 1. The molecule has 2 heterocycles. The average molecular weight is 386 g/mol. The van der Waals surface area contributed by atoms with E-state index in [9.17, 15) is 9.59 Å². The van der Waals surface area contributed by atoms with Crippen LogP contribution in [0.5, 0.6) is 0 Å². The van der Waals surface area contributed by atoms with E-state index >= 15 is 0 Å². The molecule has 0 spiro atoms. The Bertz CT molecular complexity index is 889. The van der Waals surface area contributed by atoms with E-state index in [1.807, 2.05) is 33.7 Å². The van der Waals surface area contributed by atoms with Gasteiger partial charge in [0.25, 0.3) is 5.56 Å². The number of rotatable bonds is 4. The van der Waals surface area contributed by atoms with Crippen molar-refractivity contribution in [3.63, 3.8) is 0 Å². The monoisotopic (exact) mass is 385 g/mol. The molecule has 2 aliphatic rings. The first-order valence-electron chi connectivity index (χ1n) is 10.1. The van der Waals surface area contributed by atoms with Gasteiger partial charge in [0, 0.05) is 18.6 Å². The van der Waals surface area contributed by atoms with Gasteiger partial charge in [-0.2, -0.15) is 0 Å². The van der Waals surface area contributed by atoms with Crippen molar-refractivity contribution in [1.82, 2.24) is 14.5 Å². The number of hydrogen-bond donors (Lipinski definition) is 0. The molecule has 5 nitrogen and oxygen atoms in total. The Balaban J connectivity index is 1.62. The molecule has 1 aromatic carbocycles. The zero-order valence-corrected chi connectivity index (χ0v) is 16.7. The maximum absolute atomic E-state index is 13.1. The molecule has 144 valence electrons. The number of nitrogens with zero attached hydrogens (tertiary/aromatic N) is 3. The van der Waals surface area contributed by atoms with Crippen molar-refractivity contribution < 1.29 is 4.79 Å². The first-order valence-corrected chi connectivity index (χ1v) is 11.1. The normalized spacial score (nSPS) is 21.1. The number of aromatic nitrogens is 2. The molecule has 6 heteroatoms. The van der Waals surface area contributed by atoms with Gasteiger partial charge in [0.05, 0.1) is 16.7 Å². The smallest absolute Gasteiger partial charge is 0.262 e. The Morgan fingerprint density at radius 1 is 1.15 bits per heavy atom. The fourth-order valence-electron chi connectivity index (χ4n) is 4.39. The minimum absolute atomic E-state index is 0.0359. The Kier molecular flexibility index (Phi) is 5.53. The van der Waals surface area contributed by atoms with Gasteiger partial charge >= 0.3 is 0 Å². The molecule has 0 bridgehead atoms. The quantitative estimate of drug-likeness (QED) is 0.589. The van der Waals surface area contributed by atoms with Crippen LogP contribution in [-0.2, 0) is 4.79 Å². The van der Waals surface area contributed by atoms with E-state index < -0.39 is 0 Å². The molecule has 1 amide bonds. The largest absolute Gasteiger partial charge is 0.339 e. The van der Waals surface area contributed by atoms with Gasteiger partial charge in [-0.3, -0.25) is 14.2 Å². The van der Waals surface area contributed by atoms with Crippen LogP contribution in [0.25, 0.3) is 10.9 Å². The highest BCUT2D eigenvalue weighted by atomic mass is 32.2. The Morgan fingerprint density at radius 3 is 2.67 bits per heavy atom. The van der Waals surface area contributed by atoms with E-state index in [1.165, 1.54) is 18.2 Å². The Morgan fingerprint density at radius 2 is 1.89 bits per heavy atom. The van der Waals surface area contributed by atoms with Crippen molar-refractivity contribution in [3.05, 3.63) is 34.6 Å². The summed E-state index contributed by atoms with van der Waals surface area (Å²) in [6.07, 6.45) is 7.70. The van der Waals surface area contributed by atoms with E-state index in [1.54, 1.807) is 0 Å². The van der Waals surface area contributed by atoms with Crippen molar-refractivity contribution in [2.24, 2.45) is 0 Å². The van der Waals surface area contributed by atoms with Crippen molar-refractivity contribution >= 4 is 28.6 Å². The molecule has 1 atom stereocenters. The van der Waals surface area contributed by atoms with E-state index in [-0.39, 0.29) is 17.5 Å².